The van der Waals surface area contributed by atoms with E-state index in [0.717, 1.165) is 12.0 Å². The van der Waals surface area contributed by atoms with Crippen molar-refractivity contribution < 1.29 is 33.4 Å². The molecule has 0 bridgehead atoms. The zero-order valence-corrected chi connectivity index (χ0v) is 19.6. The van der Waals surface area contributed by atoms with E-state index in [1.54, 1.807) is 31.0 Å². The number of rotatable bonds is 9. The molecular formula is C24H32N2O7. The molecule has 0 saturated carbocycles. The third kappa shape index (κ3) is 6.71. The van der Waals surface area contributed by atoms with Crippen molar-refractivity contribution in [3.05, 3.63) is 35.5 Å². The van der Waals surface area contributed by atoms with Gasteiger partial charge in [-0.2, -0.15) is 0 Å². The molecule has 9 heteroatoms. The largest absolute Gasteiger partial charge is 0.488 e. The standard InChI is InChI=1S/C24H32N2O7/c1-15(2)9-10-26(4)24(29)31-14-21-16(3)25-33-22(21)17-5-7-19(8-6-17)32-20-11-18(23(27)28)12-30-13-20/h5-8,15,18,20H,9-14H2,1-4H3,(H,27,28)/t18-,20+/m0/s1. The lowest BCUT2D eigenvalue weighted by molar-refractivity contribution is -0.149. The molecule has 9 nitrogen and oxygen atoms in total. The first-order valence-corrected chi connectivity index (χ1v) is 11.1. The van der Waals surface area contributed by atoms with Gasteiger partial charge in [-0.05, 0) is 43.5 Å². The van der Waals surface area contributed by atoms with Crippen LogP contribution in [0.3, 0.4) is 0 Å². The minimum atomic E-state index is -0.876. The predicted molar refractivity (Wildman–Crippen MR) is 120 cm³/mol. The van der Waals surface area contributed by atoms with Gasteiger partial charge >= 0.3 is 12.1 Å². The number of carbonyl (C=O) groups is 2. The fourth-order valence-electron chi connectivity index (χ4n) is 3.50. The molecule has 2 aromatic rings. The second kappa shape index (κ2) is 11.2. The maximum absolute atomic E-state index is 12.3. The summed E-state index contributed by atoms with van der Waals surface area (Å²) in [4.78, 5) is 25.1. The summed E-state index contributed by atoms with van der Waals surface area (Å²) in [5.41, 5.74) is 2.13. The molecule has 33 heavy (non-hydrogen) atoms. The van der Waals surface area contributed by atoms with E-state index < -0.39 is 11.9 Å². The molecule has 0 radical (unpaired) electrons. The summed E-state index contributed by atoms with van der Waals surface area (Å²) in [7, 11) is 1.72. The number of amides is 1. The van der Waals surface area contributed by atoms with Crippen molar-refractivity contribution in [3.63, 3.8) is 0 Å². The molecule has 3 rings (SSSR count). The van der Waals surface area contributed by atoms with Crippen LogP contribution in [0.15, 0.2) is 28.8 Å². The Hall–Kier alpha value is -3.07. The highest BCUT2D eigenvalue weighted by Gasteiger charge is 2.29. The van der Waals surface area contributed by atoms with Gasteiger partial charge in [0.25, 0.3) is 0 Å². The molecule has 1 amide bonds. The Bertz CT molecular complexity index is 939. The summed E-state index contributed by atoms with van der Waals surface area (Å²) >= 11 is 0. The number of aliphatic carboxylic acids is 1. The van der Waals surface area contributed by atoms with Crippen LogP contribution in [0.2, 0.25) is 0 Å². The molecular weight excluding hydrogens is 428 g/mol. The molecule has 180 valence electrons. The van der Waals surface area contributed by atoms with Gasteiger partial charge in [0.05, 0.1) is 30.4 Å². The number of ether oxygens (including phenoxy) is 3. The average Bonchev–Trinajstić information content (AvgIpc) is 3.16. The van der Waals surface area contributed by atoms with Crippen LogP contribution in [-0.4, -0.2) is 60.1 Å². The summed E-state index contributed by atoms with van der Waals surface area (Å²) < 4.78 is 22.2. The Kier molecular flexibility index (Phi) is 8.32. The summed E-state index contributed by atoms with van der Waals surface area (Å²) in [5, 5.41) is 13.2. The normalized spacial score (nSPS) is 18.2. The van der Waals surface area contributed by atoms with Crippen molar-refractivity contribution in [2.75, 3.05) is 26.8 Å². The second-order valence-electron chi connectivity index (χ2n) is 8.81. The predicted octanol–water partition coefficient (Wildman–Crippen LogP) is 4.13. The van der Waals surface area contributed by atoms with Crippen molar-refractivity contribution in [2.24, 2.45) is 11.8 Å². The Morgan fingerprint density at radius 2 is 1.97 bits per heavy atom. The number of benzene rings is 1. The zero-order valence-electron chi connectivity index (χ0n) is 19.6. The topological polar surface area (TPSA) is 111 Å². The molecule has 0 aliphatic carbocycles. The van der Waals surface area contributed by atoms with Gasteiger partial charge in [-0.25, -0.2) is 4.79 Å². The summed E-state index contributed by atoms with van der Waals surface area (Å²) in [6, 6.07) is 7.22. The summed E-state index contributed by atoms with van der Waals surface area (Å²) in [6.07, 6.45) is 0.599. The molecule has 0 spiro atoms. The van der Waals surface area contributed by atoms with Gasteiger partial charge in [0.15, 0.2) is 5.76 Å². The summed E-state index contributed by atoms with van der Waals surface area (Å²) in [6.45, 7) is 7.28. The van der Waals surface area contributed by atoms with E-state index in [1.807, 2.05) is 12.1 Å². The van der Waals surface area contributed by atoms with Crippen molar-refractivity contribution in [2.45, 2.75) is 46.3 Å². The number of aryl methyl sites for hydroxylation is 1. The third-order valence-electron chi connectivity index (χ3n) is 5.62. The number of carboxylic acid groups (broad SMARTS) is 1. The molecule has 2 atom stereocenters. The molecule has 1 aliphatic heterocycles. The highest BCUT2D eigenvalue weighted by molar-refractivity contribution is 5.70. The number of nitrogens with zero attached hydrogens (tertiary/aromatic N) is 2. The van der Waals surface area contributed by atoms with E-state index in [0.29, 0.717) is 48.3 Å². The van der Waals surface area contributed by atoms with Gasteiger partial charge in [0.2, 0.25) is 0 Å². The molecule has 1 saturated heterocycles. The van der Waals surface area contributed by atoms with E-state index >= 15 is 0 Å². The Morgan fingerprint density at radius 1 is 1.24 bits per heavy atom. The highest BCUT2D eigenvalue weighted by Crippen LogP contribution is 2.29. The summed E-state index contributed by atoms with van der Waals surface area (Å²) in [5.74, 6) is 0.204. The quantitative estimate of drug-likeness (QED) is 0.594. The van der Waals surface area contributed by atoms with Gasteiger partial charge in [-0.1, -0.05) is 19.0 Å². The molecule has 0 unspecified atom stereocenters. The first-order chi connectivity index (χ1) is 15.7. The van der Waals surface area contributed by atoms with Crippen LogP contribution in [0.5, 0.6) is 5.75 Å². The maximum Gasteiger partial charge on any atom is 0.409 e. The maximum atomic E-state index is 12.3. The first-order valence-electron chi connectivity index (χ1n) is 11.1. The van der Waals surface area contributed by atoms with Crippen molar-refractivity contribution in [1.82, 2.24) is 10.1 Å². The monoisotopic (exact) mass is 460 g/mol. The van der Waals surface area contributed by atoms with Crippen LogP contribution < -0.4 is 4.74 Å². The number of hydrogen-bond donors (Lipinski definition) is 1. The van der Waals surface area contributed by atoms with Crippen molar-refractivity contribution in [3.8, 4) is 17.1 Å². The van der Waals surface area contributed by atoms with Gasteiger partial charge in [-0.3, -0.25) is 4.79 Å². The third-order valence-corrected chi connectivity index (χ3v) is 5.62. The lowest BCUT2D eigenvalue weighted by Crippen LogP contribution is -2.37. The van der Waals surface area contributed by atoms with Gasteiger partial charge in [0, 0.05) is 25.6 Å². The van der Waals surface area contributed by atoms with Gasteiger partial charge in [-0.15, -0.1) is 0 Å². The minimum Gasteiger partial charge on any atom is -0.488 e. The lowest BCUT2D eigenvalue weighted by Gasteiger charge is -2.27. The molecule has 1 aliphatic rings. The fraction of sp³-hybridized carbons (Fsp3) is 0.542. The molecule has 1 N–H and O–H groups in total. The molecule has 2 heterocycles. The molecule has 1 aromatic heterocycles. The van der Waals surface area contributed by atoms with E-state index in [9.17, 15) is 14.7 Å². The Morgan fingerprint density at radius 3 is 2.64 bits per heavy atom. The second-order valence-corrected chi connectivity index (χ2v) is 8.81. The number of aromatic nitrogens is 1. The fourth-order valence-corrected chi connectivity index (χ4v) is 3.50. The van der Waals surface area contributed by atoms with E-state index in [4.69, 9.17) is 18.7 Å². The lowest BCUT2D eigenvalue weighted by atomic mass is 10.0. The highest BCUT2D eigenvalue weighted by atomic mass is 16.6. The van der Waals surface area contributed by atoms with Crippen LogP contribution in [0.25, 0.3) is 11.3 Å². The van der Waals surface area contributed by atoms with Gasteiger partial charge in [0.1, 0.15) is 18.5 Å². The number of hydrogen-bond acceptors (Lipinski definition) is 7. The van der Waals surface area contributed by atoms with E-state index in [2.05, 4.69) is 19.0 Å². The zero-order chi connectivity index (χ0) is 24.0. The minimum absolute atomic E-state index is 0.0593. The van der Waals surface area contributed by atoms with Crippen LogP contribution in [-0.2, 0) is 20.9 Å². The Balaban J connectivity index is 1.61. The van der Waals surface area contributed by atoms with Crippen molar-refractivity contribution in [1.29, 1.82) is 0 Å². The Labute approximate surface area is 193 Å². The first kappa shape index (κ1) is 24.6. The van der Waals surface area contributed by atoms with Crippen molar-refractivity contribution >= 4 is 12.1 Å². The number of carbonyl (C=O) groups excluding carboxylic acids is 1. The van der Waals surface area contributed by atoms with E-state index in [-0.39, 0.29) is 25.4 Å². The van der Waals surface area contributed by atoms with Crippen LogP contribution in [0.1, 0.15) is 37.9 Å². The van der Waals surface area contributed by atoms with Crippen LogP contribution >= 0.6 is 0 Å². The molecule has 1 aromatic carbocycles. The van der Waals surface area contributed by atoms with Crippen LogP contribution in [0, 0.1) is 18.8 Å². The van der Waals surface area contributed by atoms with Gasteiger partial charge < -0.3 is 28.7 Å². The smallest absolute Gasteiger partial charge is 0.409 e. The van der Waals surface area contributed by atoms with Crippen LogP contribution in [0.4, 0.5) is 4.79 Å². The average molecular weight is 461 g/mol. The SMILES string of the molecule is Cc1noc(-c2ccc(O[C@H]3COC[C@@H](C(=O)O)C3)cc2)c1COC(=O)N(C)CCC(C)C. The van der Waals surface area contributed by atoms with E-state index in [1.165, 1.54) is 0 Å². The molecule has 1 fully saturated rings. The number of carboxylic acids is 1.